The minimum atomic E-state index is -4.53. The van der Waals surface area contributed by atoms with Gasteiger partial charge in [0.05, 0.1) is 5.56 Å². The molecule has 1 aromatic rings. The second-order valence-corrected chi connectivity index (χ2v) is 5.07. The summed E-state index contributed by atoms with van der Waals surface area (Å²) in [5.74, 6) is -0.930. The molecule has 1 fully saturated rings. The minimum Gasteiger partial charge on any atom is -0.357 e. The molecule has 1 saturated heterocycles. The molecule has 1 aromatic heterocycles. The molecule has 1 aliphatic heterocycles. The number of aromatic nitrogens is 1. The molecule has 0 atom stereocenters. The number of hydrogen-bond donors (Lipinski definition) is 2. The largest absolute Gasteiger partial charge is 0.431 e. The van der Waals surface area contributed by atoms with Crippen LogP contribution < -0.4 is 5.32 Å². The second kappa shape index (κ2) is 4.53. The van der Waals surface area contributed by atoms with Gasteiger partial charge in [0, 0.05) is 19.3 Å². The van der Waals surface area contributed by atoms with Crippen molar-refractivity contribution in [2.75, 3.05) is 13.1 Å². The van der Waals surface area contributed by atoms with Gasteiger partial charge in [-0.25, -0.2) is 0 Å². The highest BCUT2D eigenvalue weighted by Crippen LogP contribution is 2.29. The highest BCUT2D eigenvalue weighted by atomic mass is 19.4. The van der Waals surface area contributed by atoms with E-state index in [1.165, 1.54) is 4.90 Å². The van der Waals surface area contributed by atoms with Crippen molar-refractivity contribution in [1.29, 1.82) is 0 Å². The summed E-state index contributed by atoms with van der Waals surface area (Å²) in [6, 6.07) is 0.755. The fourth-order valence-corrected chi connectivity index (χ4v) is 2.09. The first-order valence-corrected chi connectivity index (χ1v) is 6.00. The van der Waals surface area contributed by atoms with E-state index in [0.717, 1.165) is 12.3 Å². The van der Waals surface area contributed by atoms with Gasteiger partial charge >= 0.3 is 6.18 Å². The molecule has 1 aliphatic rings. The van der Waals surface area contributed by atoms with Crippen LogP contribution in [-0.2, 0) is 11.0 Å². The molecule has 0 spiro atoms. The van der Waals surface area contributed by atoms with E-state index in [2.05, 4.69) is 5.32 Å². The Balaban J connectivity index is 2.27. The Morgan fingerprint density at radius 2 is 2.05 bits per heavy atom. The average molecular weight is 289 g/mol. The number of carbonyl (C=O) groups excluding carboxylic acids is 2. The van der Waals surface area contributed by atoms with Crippen molar-refractivity contribution in [1.82, 2.24) is 15.2 Å². The van der Waals surface area contributed by atoms with Crippen molar-refractivity contribution in [2.24, 2.45) is 0 Å². The third-order valence-electron chi connectivity index (χ3n) is 3.33. The van der Waals surface area contributed by atoms with E-state index in [4.69, 9.17) is 0 Å². The van der Waals surface area contributed by atoms with E-state index in [1.807, 2.05) is 4.98 Å². The van der Waals surface area contributed by atoms with E-state index in [9.17, 15) is 22.8 Å². The quantitative estimate of drug-likeness (QED) is 0.820. The first-order valence-electron chi connectivity index (χ1n) is 6.00. The lowest BCUT2D eigenvalue weighted by atomic mass is 9.98. The molecule has 2 amide bonds. The Bertz CT molecular complexity index is 548. The van der Waals surface area contributed by atoms with E-state index in [-0.39, 0.29) is 24.6 Å². The van der Waals surface area contributed by atoms with E-state index in [0.29, 0.717) is 0 Å². The zero-order valence-electron chi connectivity index (χ0n) is 11.0. The van der Waals surface area contributed by atoms with Gasteiger partial charge in [0.1, 0.15) is 11.2 Å². The van der Waals surface area contributed by atoms with Crippen LogP contribution in [0.4, 0.5) is 13.2 Å². The number of H-pyrrole nitrogens is 1. The summed E-state index contributed by atoms with van der Waals surface area (Å²) >= 11 is 0. The molecule has 0 saturated carbocycles. The van der Waals surface area contributed by atoms with Gasteiger partial charge in [-0.15, -0.1) is 0 Å². The van der Waals surface area contributed by atoms with E-state index in [1.54, 1.807) is 13.8 Å². The van der Waals surface area contributed by atoms with Gasteiger partial charge in [0.15, 0.2) is 0 Å². The molecule has 8 heteroatoms. The number of carbonyl (C=O) groups is 2. The predicted molar refractivity (Wildman–Crippen MR) is 63.9 cm³/mol. The molecule has 0 aromatic carbocycles. The van der Waals surface area contributed by atoms with Crippen LogP contribution in [0, 0.1) is 0 Å². The molecule has 0 aliphatic carbocycles. The number of halogens is 3. The molecule has 2 N–H and O–H groups in total. The average Bonchev–Trinajstić information content (AvgIpc) is 2.81. The van der Waals surface area contributed by atoms with Crippen LogP contribution in [0.25, 0.3) is 0 Å². The Morgan fingerprint density at radius 1 is 1.40 bits per heavy atom. The van der Waals surface area contributed by atoms with Crippen LogP contribution in [0.2, 0.25) is 0 Å². The lowest BCUT2D eigenvalue weighted by Gasteiger charge is -2.41. The lowest BCUT2D eigenvalue weighted by Crippen LogP contribution is -2.63. The van der Waals surface area contributed by atoms with Crippen LogP contribution in [0.1, 0.15) is 29.9 Å². The predicted octanol–water partition coefficient (Wildman–Crippen LogP) is 1.38. The number of rotatable bonds is 1. The van der Waals surface area contributed by atoms with Crippen molar-refractivity contribution in [2.45, 2.75) is 25.6 Å². The Kier molecular flexibility index (Phi) is 3.27. The summed E-state index contributed by atoms with van der Waals surface area (Å²) in [7, 11) is 0. The summed E-state index contributed by atoms with van der Waals surface area (Å²) in [4.78, 5) is 27.3. The highest BCUT2D eigenvalue weighted by molar-refractivity contribution is 5.99. The third kappa shape index (κ3) is 2.37. The Hall–Kier alpha value is -1.99. The summed E-state index contributed by atoms with van der Waals surface area (Å²) in [5, 5.41) is 2.62. The third-order valence-corrected chi connectivity index (χ3v) is 3.33. The van der Waals surface area contributed by atoms with Gasteiger partial charge in [0.25, 0.3) is 5.91 Å². The van der Waals surface area contributed by atoms with Crippen molar-refractivity contribution in [3.63, 3.8) is 0 Å². The van der Waals surface area contributed by atoms with E-state index >= 15 is 0 Å². The van der Waals surface area contributed by atoms with Gasteiger partial charge in [-0.1, -0.05) is 0 Å². The SMILES string of the molecule is CC1(C)C(=O)NCCN1C(=O)c1c[nH]c(C(F)(F)F)c1. The number of amides is 2. The fourth-order valence-electron chi connectivity index (χ4n) is 2.09. The monoisotopic (exact) mass is 289 g/mol. The molecule has 110 valence electrons. The summed E-state index contributed by atoms with van der Waals surface area (Å²) in [6.45, 7) is 3.64. The molecule has 20 heavy (non-hydrogen) atoms. The summed E-state index contributed by atoms with van der Waals surface area (Å²) in [5.41, 5.74) is -2.19. The fraction of sp³-hybridized carbons (Fsp3) is 0.500. The lowest BCUT2D eigenvalue weighted by molar-refractivity contribution is -0.140. The van der Waals surface area contributed by atoms with Crippen molar-refractivity contribution < 1.29 is 22.8 Å². The molecule has 5 nitrogen and oxygen atoms in total. The Morgan fingerprint density at radius 3 is 2.60 bits per heavy atom. The smallest absolute Gasteiger partial charge is 0.357 e. The molecule has 2 rings (SSSR count). The van der Waals surface area contributed by atoms with Gasteiger partial charge in [-0.05, 0) is 19.9 Å². The number of piperazine rings is 1. The van der Waals surface area contributed by atoms with Crippen LogP contribution in [0.15, 0.2) is 12.3 Å². The van der Waals surface area contributed by atoms with Crippen molar-refractivity contribution in [3.8, 4) is 0 Å². The maximum atomic E-state index is 12.5. The van der Waals surface area contributed by atoms with Crippen molar-refractivity contribution in [3.05, 3.63) is 23.5 Å². The van der Waals surface area contributed by atoms with E-state index < -0.39 is 23.3 Å². The molecular weight excluding hydrogens is 275 g/mol. The number of nitrogens with one attached hydrogen (secondary N) is 2. The van der Waals surface area contributed by atoms with Gasteiger partial charge < -0.3 is 15.2 Å². The van der Waals surface area contributed by atoms with Gasteiger partial charge in [-0.2, -0.15) is 13.2 Å². The number of nitrogens with zero attached hydrogens (tertiary/aromatic N) is 1. The first-order chi connectivity index (χ1) is 9.14. The second-order valence-electron chi connectivity index (χ2n) is 5.07. The first kappa shape index (κ1) is 14.4. The molecular formula is C12H14F3N3O2. The number of aromatic amines is 1. The summed E-state index contributed by atoms with van der Waals surface area (Å²) in [6.07, 6.45) is -3.53. The maximum Gasteiger partial charge on any atom is 0.431 e. The van der Waals surface area contributed by atoms with Gasteiger partial charge in [-0.3, -0.25) is 9.59 Å². The zero-order chi connectivity index (χ0) is 15.1. The number of hydrogen-bond acceptors (Lipinski definition) is 2. The van der Waals surface area contributed by atoms with Crippen LogP contribution in [-0.4, -0.2) is 40.3 Å². The Labute approximate surface area is 113 Å². The molecule has 0 radical (unpaired) electrons. The maximum absolute atomic E-state index is 12.5. The molecule has 2 heterocycles. The molecule has 0 unspecified atom stereocenters. The van der Waals surface area contributed by atoms with Crippen molar-refractivity contribution >= 4 is 11.8 Å². The number of alkyl halides is 3. The standard InChI is InChI=1S/C12H14F3N3O2/c1-11(2)10(20)16-3-4-18(11)9(19)7-5-8(17-6-7)12(13,14)15/h5-6,17H,3-4H2,1-2H3,(H,16,20). The van der Waals surface area contributed by atoms with Crippen LogP contribution in [0.5, 0.6) is 0 Å². The summed E-state index contributed by atoms with van der Waals surface area (Å²) < 4.78 is 37.5. The topological polar surface area (TPSA) is 65.2 Å². The highest BCUT2D eigenvalue weighted by Gasteiger charge is 2.41. The normalized spacial score (nSPS) is 18.9. The molecule has 0 bridgehead atoms. The van der Waals surface area contributed by atoms with Crippen LogP contribution >= 0.6 is 0 Å². The van der Waals surface area contributed by atoms with Gasteiger partial charge in [0.2, 0.25) is 5.91 Å². The zero-order valence-corrected chi connectivity index (χ0v) is 11.0. The minimum absolute atomic E-state index is 0.111. The van der Waals surface area contributed by atoms with Crippen LogP contribution in [0.3, 0.4) is 0 Å².